The fraction of sp³-hybridized carbons (Fsp3) is 0.235. The van der Waals surface area contributed by atoms with Crippen LogP contribution in [0.1, 0.15) is 21.5 Å². The zero-order valence-corrected chi connectivity index (χ0v) is 14.5. The number of benzene rings is 2. The molecule has 0 aromatic heterocycles. The van der Waals surface area contributed by atoms with Crippen LogP contribution in [-0.4, -0.2) is 24.6 Å². The molecule has 0 aliphatic heterocycles. The summed E-state index contributed by atoms with van der Waals surface area (Å²) in [6, 6.07) is 5.27. The first kappa shape index (κ1) is 21.9. The third kappa shape index (κ3) is 5.53. The van der Waals surface area contributed by atoms with E-state index in [9.17, 15) is 36.9 Å². The largest absolute Gasteiger partial charge is 0.493 e. The Kier molecular flexibility index (Phi) is 6.56. The fourth-order valence-corrected chi connectivity index (χ4v) is 2.28. The molecule has 0 unspecified atom stereocenters. The van der Waals surface area contributed by atoms with Crippen molar-refractivity contribution in [1.29, 1.82) is 0 Å². The minimum atomic E-state index is -4.60. The molecule has 12 heteroatoms. The highest BCUT2D eigenvalue weighted by molar-refractivity contribution is 5.95. The van der Waals surface area contributed by atoms with Crippen molar-refractivity contribution < 1.29 is 45.9 Å². The summed E-state index contributed by atoms with van der Waals surface area (Å²) in [6.07, 6.45) is -4.60. The Morgan fingerprint density at radius 3 is 2.41 bits per heavy atom. The zero-order chi connectivity index (χ0) is 21.8. The molecule has 0 atom stereocenters. The van der Waals surface area contributed by atoms with E-state index in [0.717, 1.165) is 31.4 Å². The fourth-order valence-electron chi connectivity index (χ4n) is 2.28. The molecule has 0 aliphatic carbocycles. The van der Waals surface area contributed by atoms with Crippen molar-refractivity contribution in [3.63, 3.8) is 0 Å². The van der Waals surface area contributed by atoms with Crippen LogP contribution in [-0.2, 0) is 17.5 Å². The van der Waals surface area contributed by atoms with Gasteiger partial charge in [0.15, 0.2) is 11.5 Å². The Labute approximate surface area is 159 Å². The van der Waals surface area contributed by atoms with Gasteiger partial charge in [0.25, 0.3) is 5.69 Å². The molecule has 156 valence electrons. The van der Waals surface area contributed by atoms with E-state index in [-0.39, 0.29) is 5.56 Å². The topological polar surface area (TPSA) is 87.9 Å². The van der Waals surface area contributed by atoms with E-state index in [0.29, 0.717) is 6.07 Å². The van der Waals surface area contributed by atoms with Gasteiger partial charge in [-0.05, 0) is 17.7 Å². The van der Waals surface area contributed by atoms with Crippen LogP contribution in [0.5, 0.6) is 11.5 Å². The number of nitrogens with zero attached hydrogens (tertiary/aromatic N) is 1. The minimum absolute atomic E-state index is 0.0135. The number of methoxy groups -OCH3 is 1. The number of ether oxygens (including phenoxy) is 3. The van der Waals surface area contributed by atoms with Crippen LogP contribution in [0.15, 0.2) is 36.4 Å². The van der Waals surface area contributed by atoms with Gasteiger partial charge < -0.3 is 14.2 Å². The third-order valence-electron chi connectivity index (χ3n) is 3.54. The smallest absolute Gasteiger partial charge is 0.416 e. The summed E-state index contributed by atoms with van der Waals surface area (Å²) in [5, 5.41) is 11.2. The van der Waals surface area contributed by atoms with Crippen LogP contribution in [0.25, 0.3) is 0 Å². The molecule has 0 bridgehead atoms. The summed E-state index contributed by atoms with van der Waals surface area (Å²) in [5.74, 6) is -2.35. The van der Waals surface area contributed by atoms with Gasteiger partial charge in [-0.2, -0.15) is 22.0 Å². The molecule has 0 fully saturated rings. The van der Waals surface area contributed by atoms with E-state index in [4.69, 9.17) is 9.47 Å². The van der Waals surface area contributed by atoms with Crippen LogP contribution in [0.4, 0.5) is 27.6 Å². The number of esters is 1. The van der Waals surface area contributed by atoms with Crippen LogP contribution < -0.4 is 9.47 Å². The SMILES string of the molecule is COc1cc(C(=O)OCc2cccc(C(F)(F)F)c2)c([N+](=O)[O-])cc1OC(F)F. The number of rotatable bonds is 7. The van der Waals surface area contributed by atoms with E-state index < -0.39 is 58.6 Å². The molecule has 2 aromatic carbocycles. The Balaban J connectivity index is 2.29. The van der Waals surface area contributed by atoms with Crippen LogP contribution in [0, 0.1) is 10.1 Å². The van der Waals surface area contributed by atoms with Gasteiger partial charge in [0.05, 0.1) is 23.7 Å². The molecule has 7 nitrogen and oxygen atoms in total. The quantitative estimate of drug-likeness (QED) is 0.282. The van der Waals surface area contributed by atoms with Gasteiger partial charge in [0, 0.05) is 6.07 Å². The van der Waals surface area contributed by atoms with Crippen molar-refractivity contribution in [2.24, 2.45) is 0 Å². The predicted molar refractivity (Wildman–Crippen MR) is 86.8 cm³/mol. The maximum atomic E-state index is 12.7. The molecule has 0 aliphatic rings. The average Bonchev–Trinajstić information content (AvgIpc) is 2.64. The summed E-state index contributed by atoms with van der Waals surface area (Å²) in [5.41, 5.74) is -2.54. The molecule has 2 rings (SSSR count). The molecule has 0 N–H and O–H groups in total. The lowest BCUT2D eigenvalue weighted by Crippen LogP contribution is -2.11. The Morgan fingerprint density at radius 1 is 1.17 bits per heavy atom. The summed E-state index contributed by atoms with van der Waals surface area (Å²) in [7, 11) is 1.05. The summed E-state index contributed by atoms with van der Waals surface area (Å²) < 4.78 is 76.8. The average molecular weight is 421 g/mol. The lowest BCUT2D eigenvalue weighted by molar-refractivity contribution is -0.385. The minimum Gasteiger partial charge on any atom is -0.493 e. The number of hydrogen-bond donors (Lipinski definition) is 0. The second-order valence-electron chi connectivity index (χ2n) is 5.43. The highest BCUT2D eigenvalue weighted by Crippen LogP contribution is 2.36. The lowest BCUT2D eigenvalue weighted by Gasteiger charge is -2.12. The molecule has 0 saturated heterocycles. The van der Waals surface area contributed by atoms with Gasteiger partial charge >= 0.3 is 18.8 Å². The summed E-state index contributed by atoms with van der Waals surface area (Å²) in [6.45, 7) is -3.92. The number of alkyl halides is 5. The molecule has 0 amide bonds. The first-order chi connectivity index (χ1) is 13.5. The van der Waals surface area contributed by atoms with Crippen molar-refractivity contribution >= 4 is 11.7 Å². The number of nitro benzene ring substituents is 1. The Hall–Kier alpha value is -3.44. The van der Waals surface area contributed by atoms with Crippen molar-refractivity contribution in [2.75, 3.05) is 7.11 Å². The summed E-state index contributed by atoms with van der Waals surface area (Å²) >= 11 is 0. The maximum Gasteiger partial charge on any atom is 0.416 e. The monoisotopic (exact) mass is 421 g/mol. The summed E-state index contributed by atoms with van der Waals surface area (Å²) in [4.78, 5) is 22.4. The van der Waals surface area contributed by atoms with Crippen molar-refractivity contribution in [3.05, 3.63) is 63.2 Å². The van der Waals surface area contributed by atoms with Crippen molar-refractivity contribution in [1.82, 2.24) is 0 Å². The molecule has 0 radical (unpaired) electrons. The molecule has 2 aromatic rings. The van der Waals surface area contributed by atoms with Gasteiger partial charge in [-0.15, -0.1) is 0 Å². The number of carbonyl (C=O) groups is 1. The first-order valence-corrected chi connectivity index (χ1v) is 7.67. The van der Waals surface area contributed by atoms with Crippen LogP contribution in [0.2, 0.25) is 0 Å². The van der Waals surface area contributed by atoms with E-state index in [2.05, 4.69) is 4.74 Å². The third-order valence-corrected chi connectivity index (χ3v) is 3.54. The molecule has 0 heterocycles. The van der Waals surface area contributed by atoms with E-state index in [1.807, 2.05) is 0 Å². The van der Waals surface area contributed by atoms with E-state index in [1.165, 1.54) is 6.07 Å². The Bertz CT molecular complexity index is 916. The number of carbonyl (C=O) groups excluding carboxylic acids is 1. The maximum absolute atomic E-state index is 12.7. The number of nitro groups is 1. The van der Waals surface area contributed by atoms with Crippen LogP contribution in [0.3, 0.4) is 0 Å². The predicted octanol–water partition coefficient (Wildman–Crippen LogP) is 4.58. The second-order valence-corrected chi connectivity index (χ2v) is 5.43. The second kappa shape index (κ2) is 8.71. The first-order valence-electron chi connectivity index (χ1n) is 7.67. The normalized spacial score (nSPS) is 11.3. The van der Waals surface area contributed by atoms with Gasteiger partial charge in [0.2, 0.25) is 0 Å². The Morgan fingerprint density at radius 2 is 1.86 bits per heavy atom. The van der Waals surface area contributed by atoms with Gasteiger partial charge in [-0.25, -0.2) is 4.79 Å². The molecule has 0 spiro atoms. The van der Waals surface area contributed by atoms with Crippen molar-refractivity contribution in [2.45, 2.75) is 19.4 Å². The van der Waals surface area contributed by atoms with Crippen LogP contribution >= 0.6 is 0 Å². The zero-order valence-electron chi connectivity index (χ0n) is 14.5. The highest BCUT2D eigenvalue weighted by Gasteiger charge is 2.31. The highest BCUT2D eigenvalue weighted by atomic mass is 19.4. The molecular formula is C17H12F5NO6. The molecule has 29 heavy (non-hydrogen) atoms. The standard InChI is InChI=1S/C17H12F5NO6/c1-27-13-6-11(12(23(25)26)7-14(13)29-16(18)19)15(24)28-8-9-3-2-4-10(5-9)17(20,21)22/h2-7,16H,8H2,1H3. The molecule has 0 saturated carbocycles. The van der Waals surface area contributed by atoms with Crippen molar-refractivity contribution in [3.8, 4) is 11.5 Å². The number of hydrogen-bond acceptors (Lipinski definition) is 6. The lowest BCUT2D eigenvalue weighted by atomic mass is 10.1. The van der Waals surface area contributed by atoms with E-state index in [1.54, 1.807) is 0 Å². The molecular weight excluding hydrogens is 409 g/mol. The van der Waals surface area contributed by atoms with Gasteiger partial charge in [-0.3, -0.25) is 10.1 Å². The van der Waals surface area contributed by atoms with Gasteiger partial charge in [0.1, 0.15) is 12.2 Å². The number of halogens is 5. The van der Waals surface area contributed by atoms with Gasteiger partial charge in [-0.1, -0.05) is 12.1 Å². The van der Waals surface area contributed by atoms with E-state index >= 15 is 0 Å².